The highest BCUT2D eigenvalue weighted by atomic mass is 32.1. The van der Waals surface area contributed by atoms with Crippen LogP contribution in [0.3, 0.4) is 0 Å². The molecule has 0 saturated heterocycles. The maximum Gasteiger partial charge on any atom is 0.138 e. The van der Waals surface area contributed by atoms with Crippen molar-refractivity contribution in [1.29, 1.82) is 0 Å². The minimum atomic E-state index is 0.327. The number of nitrogens with zero attached hydrogens (tertiary/aromatic N) is 2. The van der Waals surface area contributed by atoms with Crippen LogP contribution in [0.15, 0.2) is 48.1 Å². The molecule has 1 unspecified atom stereocenters. The van der Waals surface area contributed by atoms with Crippen LogP contribution in [0.4, 0.5) is 5.82 Å². The van der Waals surface area contributed by atoms with E-state index in [1.807, 2.05) is 24.5 Å². The number of rotatable bonds is 4. The quantitative estimate of drug-likeness (QED) is 0.770. The van der Waals surface area contributed by atoms with E-state index >= 15 is 0 Å². The van der Waals surface area contributed by atoms with Gasteiger partial charge < -0.3 is 5.32 Å². The number of imidazole rings is 1. The molecule has 1 atom stereocenters. The molecule has 0 fully saturated rings. The molecule has 19 heavy (non-hydrogen) atoms. The Morgan fingerprint density at radius 3 is 2.84 bits per heavy atom. The van der Waals surface area contributed by atoms with Gasteiger partial charge in [0.05, 0.1) is 6.04 Å². The lowest BCUT2D eigenvalue weighted by Gasteiger charge is -2.23. The summed E-state index contributed by atoms with van der Waals surface area (Å²) in [6, 6.07) is 10.8. The van der Waals surface area contributed by atoms with E-state index in [-0.39, 0.29) is 0 Å². The highest BCUT2D eigenvalue weighted by Crippen LogP contribution is 2.29. The van der Waals surface area contributed by atoms with Crippen molar-refractivity contribution in [2.24, 2.45) is 5.92 Å². The first-order chi connectivity index (χ1) is 9.25. The number of anilines is 1. The number of aromatic nitrogens is 2. The second kappa shape index (κ2) is 5.05. The van der Waals surface area contributed by atoms with E-state index in [2.05, 4.69) is 52.1 Å². The number of hydrogen-bond acceptors (Lipinski definition) is 3. The maximum atomic E-state index is 4.32. The van der Waals surface area contributed by atoms with Gasteiger partial charge in [-0.1, -0.05) is 26.0 Å². The molecule has 0 aromatic carbocycles. The van der Waals surface area contributed by atoms with Crippen LogP contribution in [-0.4, -0.2) is 9.38 Å². The molecule has 0 aliphatic rings. The van der Waals surface area contributed by atoms with Crippen LogP contribution >= 0.6 is 11.3 Å². The third-order valence-electron chi connectivity index (χ3n) is 3.25. The Hall–Kier alpha value is -1.81. The van der Waals surface area contributed by atoms with Gasteiger partial charge in [-0.25, -0.2) is 4.98 Å². The second-order valence-corrected chi connectivity index (χ2v) is 5.93. The van der Waals surface area contributed by atoms with Crippen LogP contribution < -0.4 is 5.32 Å². The van der Waals surface area contributed by atoms with E-state index in [0.717, 1.165) is 11.5 Å². The standard InChI is InChI=1S/C15H17N3S/c1-11(2)15(12-5-4-10-19-12)17-14-7-3-6-13-16-8-9-18(13)14/h3-11,15,17H,1-2H3. The molecule has 3 nitrogen and oxygen atoms in total. The maximum absolute atomic E-state index is 4.32. The van der Waals surface area contributed by atoms with E-state index in [4.69, 9.17) is 0 Å². The van der Waals surface area contributed by atoms with Gasteiger partial charge in [0.1, 0.15) is 11.5 Å². The fourth-order valence-corrected chi connectivity index (χ4v) is 3.21. The molecule has 3 rings (SSSR count). The van der Waals surface area contributed by atoms with Crippen molar-refractivity contribution in [1.82, 2.24) is 9.38 Å². The van der Waals surface area contributed by atoms with Crippen LogP contribution in [0.1, 0.15) is 24.8 Å². The van der Waals surface area contributed by atoms with Gasteiger partial charge in [-0.05, 0) is 29.5 Å². The summed E-state index contributed by atoms with van der Waals surface area (Å²) in [7, 11) is 0. The van der Waals surface area contributed by atoms with Gasteiger partial charge in [0.2, 0.25) is 0 Å². The van der Waals surface area contributed by atoms with Gasteiger partial charge in [0, 0.05) is 17.3 Å². The van der Waals surface area contributed by atoms with Gasteiger partial charge in [0.15, 0.2) is 0 Å². The van der Waals surface area contributed by atoms with Crippen LogP contribution in [0, 0.1) is 5.92 Å². The topological polar surface area (TPSA) is 29.3 Å². The number of hydrogen-bond donors (Lipinski definition) is 1. The molecule has 0 spiro atoms. The van der Waals surface area contributed by atoms with Gasteiger partial charge >= 0.3 is 0 Å². The Bertz CT molecular complexity index is 655. The molecular weight excluding hydrogens is 254 g/mol. The van der Waals surface area contributed by atoms with E-state index in [1.165, 1.54) is 4.88 Å². The van der Waals surface area contributed by atoms with Crippen molar-refractivity contribution in [3.05, 3.63) is 53.0 Å². The molecule has 98 valence electrons. The Labute approximate surface area is 116 Å². The third kappa shape index (κ3) is 2.36. The second-order valence-electron chi connectivity index (χ2n) is 4.95. The Morgan fingerprint density at radius 2 is 2.11 bits per heavy atom. The number of fused-ring (bicyclic) bond motifs is 1. The average molecular weight is 271 g/mol. The van der Waals surface area contributed by atoms with Crippen LogP contribution in [0.5, 0.6) is 0 Å². The van der Waals surface area contributed by atoms with E-state index in [0.29, 0.717) is 12.0 Å². The Balaban J connectivity index is 1.96. The highest BCUT2D eigenvalue weighted by molar-refractivity contribution is 7.10. The minimum absolute atomic E-state index is 0.327. The summed E-state index contributed by atoms with van der Waals surface area (Å²) >= 11 is 1.80. The molecule has 0 amide bonds. The van der Waals surface area contributed by atoms with Crippen LogP contribution in [0.25, 0.3) is 5.65 Å². The summed E-state index contributed by atoms with van der Waals surface area (Å²) in [4.78, 5) is 5.69. The van der Waals surface area contributed by atoms with Gasteiger partial charge in [0.25, 0.3) is 0 Å². The Morgan fingerprint density at radius 1 is 1.21 bits per heavy atom. The molecule has 0 bridgehead atoms. The summed E-state index contributed by atoms with van der Waals surface area (Å²) in [5, 5.41) is 5.77. The molecule has 4 heteroatoms. The molecule has 3 heterocycles. The predicted molar refractivity (Wildman–Crippen MR) is 80.7 cm³/mol. The molecular formula is C15H17N3S. The lowest BCUT2D eigenvalue weighted by molar-refractivity contribution is 0.551. The zero-order valence-corrected chi connectivity index (χ0v) is 11.9. The molecule has 3 aromatic rings. The fourth-order valence-electron chi connectivity index (χ4n) is 2.26. The zero-order valence-electron chi connectivity index (χ0n) is 11.1. The predicted octanol–water partition coefficient (Wildman–Crippen LogP) is 4.21. The van der Waals surface area contributed by atoms with E-state index in [1.54, 1.807) is 11.3 Å². The first-order valence-electron chi connectivity index (χ1n) is 6.48. The van der Waals surface area contributed by atoms with Crippen molar-refractivity contribution in [3.63, 3.8) is 0 Å². The minimum Gasteiger partial charge on any atom is -0.363 e. The van der Waals surface area contributed by atoms with Crippen molar-refractivity contribution < 1.29 is 0 Å². The summed E-state index contributed by atoms with van der Waals surface area (Å²) in [5.74, 6) is 1.61. The van der Waals surface area contributed by atoms with Gasteiger partial charge in [-0.15, -0.1) is 11.3 Å². The first-order valence-corrected chi connectivity index (χ1v) is 7.35. The third-order valence-corrected chi connectivity index (χ3v) is 4.20. The SMILES string of the molecule is CC(C)C(Nc1cccc2nccn12)c1cccs1. The normalized spacial score (nSPS) is 13.0. The van der Waals surface area contributed by atoms with Crippen LogP contribution in [-0.2, 0) is 0 Å². The summed E-state index contributed by atoms with van der Waals surface area (Å²) in [6.45, 7) is 4.48. The first kappa shape index (κ1) is 12.2. The van der Waals surface area contributed by atoms with Crippen molar-refractivity contribution in [2.45, 2.75) is 19.9 Å². The largest absolute Gasteiger partial charge is 0.363 e. The molecule has 0 aliphatic carbocycles. The summed E-state index contributed by atoms with van der Waals surface area (Å²) < 4.78 is 2.09. The van der Waals surface area contributed by atoms with E-state index < -0.39 is 0 Å². The van der Waals surface area contributed by atoms with Crippen molar-refractivity contribution >= 4 is 22.8 Å². The number of nitrogens with one attached hydrogen (secondary N) is 1. The van der Waals surface area contributed by atoms with Gasteiger partial charge in [-0.3, -0.25) is 4.40 Å². The average Bonchev–Trinajstić information content (AvgIpc) is 3.06. The monoisotopic (exact) mass is 271 g/mol. The van der Waals surface area contributed by atoms with Crippen molar-refractivity contribution in [3.8, 4) is 0 Å². The van der Waals surface area contributed by atoms with Crippen LogP contribution in [0.2, 0.25) is 0 Å². The lowest BCUT2D eigenvalue weighted by Crippen LogP contribution is -2.17. The molecule has 0 saturated carbocycles. The lowest BCUT2D eigenvalue weighted by atomic mass is 10.0. The zero-order chi connectivity index (χ0) is 13.2. The number of thiophene rings is 1. The summed E-state index contributed by atoms with van der Waals surface area (Å²) in [5.41, 5.74) is 0.971. The van der Waals surface area contributed by atoms with Crippen molar-refractivity contribution in [2.75, 3.05) is 5.32 Å². The summed E-state index contributed by atoms with van der Waals surface area (Å²) in [6.07, 6.45) is 3.82. The number of pyridine rings is 1. The molecule has 1 N–H and O–H groups in total. The van der Waals surface area contributed by atoms with E-state index in [9.17, 15) is 0 Å². The molecule has 0 aliphatic heterocycles. The molecule has 3 aromatic heterocycles. The Kier molecular flexibility index (Phi) is 3.25. The molecule has 0 radical (unpaired) electrons. The smallest absolute Gasteiger partial charge is 0.138 e. The highest BCUT2D eigenvalue weighted by Gasteiger charge is 2.17. The van der Waals surface area contributed by atoms with Gasteiger partial charge in [-0.2, -0.15) is 0 Å². The fraction of sp³-hybridized carbons (Fsp3) is 0.267.